The van der Waals surface area contributed by atoms with Gasteiger partial charge in [-0.05, 0) is 69.1 Å². The highest BCUT2D eigenvalue weighted by atomic mass is 16.6. The highest BCUT2D eigenvalue weighted by Crippen LogP contribution is 2.34. The van der Waals surface area contributed by atoms with E-state index in [9.17, 15) is 14.9 Å². The monoisotopic (exact) mass is 451 g/mol. The summed E-state index contributed by atoms with van der Waals surface area (Å²) < 4.78 is 0. The molecule has 176 valence electrons. The number of urea groups is 1. The third-order valence-electron chi connectivity index (χ3n) is 6.98. The second kappa shape index (κ2) is 10.6. The number of carbonyl (C=O) groups is 1. The first-order valence-corrected chi connectivity index (χ1v) is 12.0. The molecule has 8 nitrogen and oxygen atoms in total. The quantitative estimate of drug-likeness (QED) is 0.459. The number of nitrogens with zero attached hydrogens (tertiary/aromatic N) is 3. The summed E-state index contributed by atoms with van der Waals surface area (Å²) in [6, 6.07) is 12.9. The van der Waals surface area contributed by atoms with Crippen LogP contribution in [-0.2, 0) is 0 Å². The number of nitrogens with one attached hydrogen (secondary N) is 2. The number of amides is 2. The average molecular weight is 452 g/mol. The number of nitro groups is 1. The fourth-order valence-electron chi connectivity index (χ4n) is 5.34. The second-order valence-corrected chi connectivity index (χ2v) is 9.34. The Morgan fingerprint density at radius 2 is 1.91 bits per heavy atom. The largest absolute Gasteiger partial charge is 0.356 e. The fourth-order valence-corrected chi connectivity index (χ4v) is 5.34. The van der Waals surface area contributed by atoms with E-state index in [1.807, 2.05) is 30.3 Å². The SMILES string of the molecule is Cc1nc(N2CCC[C@H](C[C@@H]3CCCC[C@H]3NC(=O)Nc3ccccc3)C2)ccc1[N+](=O)[O-]. The van der Waals surface area contributed by atoms with Crippen molar-refractivity contribution < 1.29 is 9.72 Å². The van der Waals surface area contributed by atoms with E-state index in [-0.39, 0.29) is 22.7 Å². The zero-order chi connectivity index (χ0) is 23.2. The number of piperidine rings is 1. The molecule has 1 aromatic heterocycles. The lowest BCUT2D eigenvalue weighted by molar-refractivity contribution is -0.385. The number of aryl methyl sites for hydroxylation is 1. The summed E-state index contributed by atoms with van der Waals surface area (Å²) in [6.07, 6.45) is 7.86. The van der Waals surface area contributed by atoms with Gasteiger partial charge in [-0.2, -0.15) is 0 Å². The summed E-state index contributed by atoms with van der Waals surface area (Å²) in [5.74, 6) is 1.82. The average Bonchev–Trinajstić information content (AvgIpc) is 2.81. The molecule has 2 aromatic rings. The van der Waals surface area contributed by atoms with Crippen LogP contribution in [0, 0.1) is 28.9 Å². The first-order valence-electron chi connectivity index (χ1n) is 12.0. The maximum atomic E-state index is 12.6. The molecule has 1 saturated heterocycles. The van der Waals surface area contributed by atoms with Crippen LogP contribution in [0.1, 0.15) is 50.6 Å². The van der Waals surface area contributed by atoms with Crippen molar-refractivity contribution in [1.29, 1.82) is 0 Å². The third kappa shape index (κ3) is 6.00. The first kappa shape index (κ1) is 23.0. The molecule has 4 rings (SSSR count). The number of anilines is 2. The first-order chi connectivity index (χ1) is 16.0. The fraction of sp³-hybridized carbons (Fsp3) is 0.520. The van der Waals surface area contributed by atoms with Crippen molar-refractivity contribution in [2.24, 2.45) is 11.8 Å². The lowest BCUT2D eigenvalue weighted by Crippen LogP contribution is -2.45. The summed E-state index contributed by atoms with van der Waals surface area (Å²) >= 11 is 0. The molecule has 0 radical (unpaired) electrons. The summed E-state index contributed by atoms with van der Waals surface area (Å²) in [5, 5.41) is 17.3. The van der Waals surface area contributed by atoms with Gasteiger partial charge >= 0.3 is 6.03 Å². The standard InChI is InChI=1S/C25H33N5O3/c1-18-23(30(32)33)13-14-24(26-18)29-15-7-8-19(17-29)16-20-9-5-6-12-22(20)28-25(31)27-21-10-3-2-4-11-21/h2-4,10-11,13-14,19-20,22H,5-9,12,15-17H2,1H3,(H2,27,28,31)/t19-,20+,22-/m1/s1. The molecule has 1 aliphatic carbocycles. The van der Waals surface area contributed by atoms with E-state index in [1.165, 1.54) is 12.8 Å². The molecular formula is C25H33N5O3. The topological polar surface area (TPSA) is 100 Å². The van der Waals surface area contributed by atoms with Crippen molar-refractivity contribution in [3.63, 3.8) is 0 Å². The van der Waals surface area contributed by atoms with Gasteiger partial charge in [-0.15, -0.1) is 0 Å². The van der Waals surface area contributed by atoms with Gasteiger partial charge in [0.2, 0.25) is 0 Å². The third-order valence-corrected chi connectivity index (χ3v) is 6.98. The van der Waals surface area contributed by atoms with E-state index in [1.54, 1.807) is 19.1 Å². The van der Waals surface area contributed by atoms with E-state index in [0.717, 1.165) is 56.7 Å². The van der Waals surface area contributed by atoms with Gasteiger partial charge in [-0.3, -0.25) is 10.1 Å². The molecule has 0 spiro atoms. The van der Waals surface area contributed by atoms with Crippen molar-refractivity contribution in [3.05, 3.63) is 58.3 Å². The molecule has 2 aliphatic rings. The van der Waals surface area contributed by atoms with Crippen LogP contribution in [0.4, 0.5) is 22.0 Å². The molecule has 8 heteroatoms. The maximum Gasteiger partial charge on any atom is 0.319 e. The van der Waals surface area contributed by atoms with Gasteiger partial charge in [0.25, 0.3) is 5.69 Å². The molecule has 2 fully saturated rings. The van der Waals surface area contributed by atoms with Crippen LogP contribution >= 0.6 is 0 Å². The lowest BCUT2D eigenvalue weighted by atomic mass is 9.77. The Hall–Kier alpha value is -3.16. The van der Waals surface area contributed by atoms with Gasteiger partial charge in [0.15, 0.2) is 0 Å². The molecule has 1 aromatic carbocycles. The van der Waals surface area contributed by atoms with E-state index >= 15 is 0 Å². The van der Waals surface area contributed by atoms with E-state index in [2.05, 4.69) is 20.5 Å². The van der Waals surface area contributed by atoms with Crippen LogP contribution in [0.15, 0.2) is 42.5 Å². The van der Waals surface area contributed by atoms with Gasteiger partial charge in [-0.25, -0.2) is 9.78 Å². The zero-order valence-electron chi connectivity index (χ0n) is 19.2. The number of rotatable bonds is 6. The minimum atomic E-state index is -0.380. The van der Waals surface area contributed by atoms with E-state index in [0.29, 0.717) is 17.5 Å². The number of aromatic nitrogens is 1. The molecule has 2 heterocycles. The van der Waals surface area contributed by atoms with E-state index in [4.69, 9.17) is 0 Å². The minimum absolute atomic E-state index is 0.0669. The molecule has 0 bridgehead atoms. The molecule has 1 aliphatic heterocycles. The second-order valence-electron chi connectivity index (χ2n) is 9.34. The molecule has 1 saturated carbocycles. The Morgan fingerprint density at radius 1 is 1.12 bits per heavy atom. The summed E-state index contributed by atoms with van der Waals surface area (Å²) in [7, 11) is 0. The molecule has 2 N–H and O–H groups in total. The Kier molecular flexibility index (Phi) is 7.42. The maximum absolute atomic E-state index is 12.6. The van der Waals surface area contributed by atoms with Crippen LogP contribution in [0.25, 0.3) is 0 Å². The predicted molar refractivity (Wildman–Crippen MR) is 130 cm³/mol. The highest BCUT2D eigenvalue weighted by Gasteiger charge is 2.31. The molecule has 0 unspecified atom stereocenters. The van der Waals surface area contributed by atoms with Crippen LogP contribution in [0.5, 0.6) is 0 Å². The summed E-state index contributed by atoms with van der Waals surface area (Å²) in [4.78, 5) is 30.1. The Morgan fingerprint density at radius 3 is 2.67 bits per heavy atom. The van der Waals surface area contributed by atoms with Gasteiger partial charge < -0.3 is 15.5 Å². The normalized spacial score (nSPS) is 23.1. The lowest BCUT2D eigenvalue weighted by Gasteiger charge is -2.38. The van der Waals surface area contributed by atoms with Crippen LogP contribution in [0.3, 0.4) is 0 Å². The number of hydrogen-bond donors (Lipinski definition) is 2. The Balaban J connectivity index is 1.35. The van der Waals surface area contributed by atoms with Gasteiger partial charge in [-0.1, -0.05) is 31.0 Å². The number of carbonyl (C=O) groups excluding carboxylic acids is 1. The van der Waals surface area contributed by atoms with E-state index < -0.39 is 0 Å². The van der Waals surface area contributed by atoms with Crippen molar-refractivity contribution in [1.82, 2.24) is 10.3 Å². The van der Waals surface area contributed by atoms with Gasteiger partial charge in [0.1, 0.15) is 11.5 Å². The molecule has 2 amide bonds. The molecular weight excluding hydrogens is 418 g/mol. The summed E-state index contributed by atoms with van der Waals surface area (Å²) in [6.45, 7) is 3.53. The summed E-state index contributed by atoms with van der Waals surface area (Å²) in [5.41, 5.74) is 1.33. The Labute approximate surface area is 194 Å². The Bertz CT molecular complexity index is 968. The number of hydrogen-bond acceptors (Lipinski definition) is 5. The minimum Gasteiger partial charge on any atom is -0.356 e. The molecule has 33 heavy (non-hydrogen) atoms. The highest BCUT2D eigenvalue weighted by molar-refractivity contribution is 5.89. The van der Waals surface area contributed by atoms with Crippen molar-refractivity contribution >= 4 is 23.2 Å². The molecule has 3 atom stereocenters. The van der Waals surface area contributed by atoms with Gasteiger partial charge in [0.05, 0.1) is 4.92 Å². The van der Waals surface area contributed by atoms with Crippen LogP contribution in [0.2, 0.25) is 0 Å². The van der Waals surface area contributed by atoms with Crippen LogP contribution < -0.4 is 15.5 Å². The number of para-hydroxylation sites is 1. The smallest absolute Gasteiger partial charge is 0.319 e. The van der Waals surface area contributed by atoms with Gasteiger partial charge in [0, 0.05) is 30.9 Å². The zero-order valence-corrected chi connectivity index (χ0v) is 19.2. The predicted octanol–water partition coefficient (Wildman–Crippen LogP) is 5.29. The number of pyridine rings is 1. The van der Waals surface area contributed by atoms with Crippen LogP contribution in [-0.4, -0.2) is 35.1 Å². The van der Waals surface area contributed by atoms with Crippen molar-refractivity contribution in [3.8, 4) is 0 Å². The number of benzene rings is 1. The van der Waals surface area contributed by atoms with Crippen molar-refractivity contribution in [2.75, 3.05) is 23.3 Å². The van der Waals surface area contributed by atoms with Crippen molar-refractivity contribution in [2.45, 2.75) is 57.9 Å².